The van der Waals surface area contributed by atoms with Crippen molar-refractivity contribution in [3.63, 3.8) is 0 Å². The van der Waals surface area contributed by atoms with Crippen LogP contribution in [0, 0.1) is 0 Å². The Morgan fingerprint density at radius 1 is 1.12 bits per heavy atom. The van der Waals surface area contributed by atoms with Gasteiger partial charge in [-0.05, 0) is 24.3 Å². The lowest BCUT2D eigenvalue weighted by atomic mass is 10.1. The van der Waals surface area contributed by atoms with E-state index in [9.17, 15) is 0 Å². The molecule has 0 radical (unpaired) electrons. The molecule has 0 aliphatic carbocycles. The minimum absolute atomic E-state index is 0.257. The standard InChI is InChI=1S/C17H15N3O3S/c18-14-6-12-8-21-10-22-15(12)13(7-14)9-24-17-20-19-16(23-17)11-4-2-1-3-5-11/h1-7H,8-10,18H2. The predicted molar refractivity (Wildman–Crippen MR) is 90.4 cm³/mol. The van der Waals surface area contributed by atoms with Crippen LogP contribution in [0.5, 0.6) is 5.75 Å². The van der Waals surface area contributed by atoms with Crippen molar-refractivity contribution in [2.24, 2.45) is 0 Å². The van der Waals surface area contributed by atoms with Gasteiger partial charge in [0.25, 0.3) is 5.22 Å². The summed E-state index contributed by atoms with van der Waals surface area (Å²) in [5.74, 6) is 1.98. The lowest BCUT2D eigenvalue weighted by Crippen LogP contribution is -2.13. The van der Waals surface area contributed by atoms with Crippen molar-refractivity contribution in [1.29, 1.82) is 0 Å². The zero-order chi connectivity index (χ0) is 16.4. The quantitative estimate of drug-likeness (QED) is 0.574. The second-order valence-corrected chi connectivity index (χ2v) is 6.23. The van der Waals surface area contributed by atoms with E-state index in [1.54, 1.807) is 0 Å². The molecule has 2 heterocycles. The number of anilines is 1. The van der Waals surface area contributed by atoms with Crippen LogP contribution in [0.25, 0.3) is 11.5 Å². The van der Waals surface area contributed by atoms with Crippen LogP contribution in [0.4, 0.5) is 5.69 Å². The lowest BCUT2D eigenvalue weighted by molar-refractivity contribution is -0.0168. The van der Waals surface area contributed by atoms with Crippen molar-refractivity contribution in [3.8, 4) is 17.2 Å². The first-order valence-corrected chi connectivity index (χ1v) is 8.42. The van der Waals surface area contributed by atoms with Crippen molar-refractivity contribution >= 4 is 17.4 Å². The monoisotopic (exact) mass is 341 g/mol. The fourth-order valence-electron chi connectivity index (χ4n) is 2.54. The Bertz CT molecular complexity index is 852. The molecule has 4 rings (SSSR count). The molecule has 0 unspecified atom stereocenters. The van der Waals surface area contributed by atoms with Crippen LogP contribution >= 0.6 is 11.8 Å². The molecule has 1 aliphatic heterocycles. The molecule has 0 saturated heterocycles. The minimum Gasteiger partial charge on any atom is -0.467 e. The Balaban J connectivity index is 1.52. The molecule has 24 heavy (non-hydrogen) atoms. The predicted octanol–water partition coefficient (Wildman–Crippen LogP) is 3.48. The van der Waals surface area contributed by atoms with Crippen LogP contribution in [0.2, 0.25) is 0 Å². The van der Waals surface area contributed by atoms with Crippen molar-refractivity contribution in [3.05, 3.63) is 53.6 Å². The van der Waals surface area contributed by atoms with Gasteiger partial charge in [-0.2, -0.15) is 0 Å². The minimum atomic E-state index is 0.257. The largest absolute Gasteiger partial charge is 0.467 e. The molecule has 0 saturated carbocycles. The van der Waals surface area contributed by atoms with Crippen molar-refractivity contribution in [2.45, 2.75) is 17.6 Å². The van der Waals surface area contributed by atoms with E-state index >= 15 is 0 Å². The number of aromatic nitrogens is 2. The van der Waals surface area contributed by atoms with Gasteiger partial charge in [-0.15, -0.1) is 10.2 Å². The van der Waals surface area contributed by atoms with Gasteiger partial charge in [0.05, 0.1) is 6.61 Å². The Kier molecular flexibility index (Phi) is 4.10. The maximum absolute atomic E-state index is 5.96. The van der Waals surface area contributed by atoms with E-state index < -0.39 is 0 Å². The van der Waals surface area contributed by atoms with Gasteiger partial charge in [0.2, 0.25) is 5.89 Å². The highest BCUT2D eigenvalue weighted by Gasteiger charge is 2.17. The van der Waals surface area contributed by atoms with E-state index in [0.717, 1.165) is 22.4 Å². The third-order valence-electron chi connectivity index (χ3n) is 3.59. The summed E-state index contributed by atoms with van der Waals surface area (Å²) < 4.78 is 16.6. The molecule has 2 N–H and O–H groups in total. The Morgan fingerprint density at radius 2 is 2.00 bits per heavy atom. The molecular weight excluding hydrogens is 326 g/mol. The molecule has 6 nitrogen and oxygen atoms in total. The maximum Gasteiger partial charge on any atom is 0.277 e. The summed E-state index contributed by atoms with van der Waals surface area (Å²) >= 11 is 1.45. The van der Waals surface area contributed by atoms with Crippen molar-refractivity contribution in [1.82, 2.24) is 10.2 Å². The lowest BCUT2D eigenvalue weighted by Gasteiger charge is -2.21. The fraction of sp³-hybridized carbons (Fsp3) is 0.176. The maximum atomic E-state index is 5.96. The number of fused-ring (bicyclic) bond motifs is 1. The number of nitrogens with two attached hydrogens (primary N) is 1. The van der Waals surface area contributed by atoms with Gasteiger partial charge in [-0.3, -0.25) is 0 Å². The van der Waals surface area contributed by atoms with Crippen LogP contribution in [-0.2, 0) is 17.1 Å². The number of nitrogens with zero attached hydrogens (tertiary/aromatic N) is 2. The number of nitrogen functional groups attached to an aromatic ring is 1. The van der Waals surface area contributed by atoms with Gasteiger partial charge < -0.3 is 19.6 Å². The molecule has 0 fully saturated rings. The summed E-state index contributed by atoms with van der Waals surface area (Å²) in [6.45, 7) is 0.768. The van der Waals surface area contributed by atoms with E-state index in [0.29, 0.717) is 29.2 Å². The van der Waals surface area contributed by atoms with E-state index in [-0.39, 0.29) is 6.79 Å². The smallest absolute Gasteiger partial charge is 0.277 e. The van der Waals surface area contributed by atoms with Crippen LogP contribution in [0.3, 0.4) is 0 Å². The molecule has 0 spiro atoms. The number of ether oxygens (including phenoxy) is 2. The van der Waals surface area contributed by atoms with Gasteiger partial charge in [0.1, 0.15) is 5.75 Å². The summed E-state index contributed by atoms with van der Waals surface area (Å²) in [4.78, 5) is 0. The summed E-state index contributed by atoms with van der Waals surface area (Å²) in [5, 5.41) is 8.69. The SMILES string of the molecule is Nc1cc2c(c(CSc3nnc(-c4ccccc4)o3)c1)OCOC2. The molecule has 2 aromatic carbocycles. The highest BCUT2D eigenvalue weighted by Crippen LogP contribution is 2.35. The Hall–Kier alpha value is -2.51. The molecule has 1 aromatic heterocycles. The van der Waals surface area contributed by atoms with Crippen molar-refractivity contribution in [2.75, 3.05) is 12.5 Å². The molecule has 0 bridgehead atoms. The fourth-order valence-corrected chi connectivity index (χ4v) is 3.27. The normalized spacial score (nSPS) is 13.3. The molecule has 3 aromatic rings. The van der Waals surface area contributed by atoms with E-state index in [2.05, 4.69) is 10.2 Å². The number of benzene rings is 2. The number of thioether (sulfide) groups is 1. The van der Waals surface area contributed by atoms with Crippen LogP contribution < -0.4 is 10.5 Å². The third kappa shape index (κ3) is 3.08. The van der Waals surface area contributed by atoms with Gasteiger partial charge in [-0.25, -0.2) is 0 Å². The molecule has 7 heteroatoms. The Morgan fingerprint density at radius 3 is 2.88 bits per heavy atom. The number of hydrogen-bond acceptors (Lipinski definition) is 7. The zero-order valence-electron chi connectivity index (χ0n) is 12.8. The zero-order valence-corrected chi connectivity index (χ0v) is 13.6. The number of rotatable bonds is 4. The second kappa shape index (κ2) is 6.54. The molecular formula is C17H15N3O3S. The van der Waals surface area contributed by atoms with Gasteiger partial charge in [-0.1, -0.05) is 30.0 Å². The second-order valence-electron chi connectivity index (χ2n) is 5.31. The first kappa shape index (κ1) is 15.0. The Labute approximate surface area is 143 Å². The average Bonchev–Trinajstić information content (AvgIpc) is 3.09. The number of hydrogen-bond donors (Lipinski definition) is 1. The summed E-state index contributed by atoms with van der Waals surface area (Å²) in [6, 6.07) is 13.5. The first-order valence-electron chi connectivity index (χ1n) is 7.43. The molecule has 0 amide bonds. The van der Waals surface area contributed by atoms with Gasteiger partial charge >= 0.3 is 0 Å². The van der Waals surface area contributed by atoms with Crippen LogP contribution in [0.1, 0.15) is 11.1 Å². The van der Waals surface area contributed by atoms with Crippen molar-refractivity contribution < 1.29 is 13.9 Å². The third-order valence-corrected chi connectivity index (χ3v) is 4.45. The van der Waals surface area contributed by atoms with Gasteiger partial charge in [0, 0.05) is 28.1 Å². The molecule has 1 aliphatic rings. The summed E-state index contributed by atoms with van der Waals surface area (Å²) in [6.07, 6.45) is 0. The topological polar surface area (TPSA) is 83.4 Å². The first-order chi connectivity index (χ1) is 11.8. The highest BCUT2D eigenvalue weighted by molar-refractivity contribution is 7.98. The molecule has 0 atom stereocenters. The highest BCUT2D eigenvalue weighted by atomic mass is 32.2. The van der Waals surface area contributed by atoms with Gasteiger partial charge in [0.15, 0.2) is 6.79 Å². The summed E-state index contributed by atoms with van der Waals surface area (Å²) in [5.41, 5.74) is 9.51. The van der Waals surface area contributed by atoms with E-state index in [1.807, 2.05) is 42.5 Å². The van der Waals surface area contributed by atoms with Crippen LogP contribution in [0.15, 0.2) is 52.1 Å². The molecule has 122 valence electrons. The summed E-state index contributed by atoms with van der Waals surface area (Å²) in [7, 11) is 0. The average molecular weight is 341 g/mol. The van der Waals surface area contributed by atoms with E-state index in [4.69, 9.17) is 19.6 Å². The van der Waals surface area contributed by atoms with E-state index in [1.165, 1.54) is 11.8 Å². The van der Waals surface area contributed by atoms with Crippen LogP contribution in [-0.4, -0.2) is 17.0 Å².